The van der Waals surface area contributed by atoms with Crippen LogP contribution in [0.15, 0.2) is 48.5 Å². The lowest BCUT2D eigenvalue weighted by atomic mass is 10.1. The van der Waals surface area contributed by atoms with Crippen molar-refractivity contribution >= 4 is 22.1 Å². The fourth-order valence-electron chi connectivity index (χ4n) is 3.66. The van der Waals surface area contributed by atoms with E-state index in [0.717, 1.165) is 64.1 Å². The van der Waals surface area contributed by atoms with E-state index in [1.54, 1.807) is 0 Å². The van der Waals surface area contributed by atoms with Crippen molar-refractivity contribution in [3.05, 3.63) is 71.3 Å². The number of aromatic nitrogens is 4. The highest BCUT2D eigenvalue weighted by Crippen LogP contribution is 2.24. The van der Waals surface area contributed by atoms with E-state index < -0.39 is 0 Å². The molecule has 3 aromatic heterocycles. The van der Waals surface area contributed by atoms with Crippen LogP contribution in [0, 0.1) is 0 Å². The largest absolute Gasteiger partial charge is 0.355 e. The highest BCUT2D eigenvalue weighted by molar-refractivity contribution is 5.61. The van der Waals surface area contributed by atoms with Crippen LogP contribution < -0.4 is 0 Å². The fourth-order valence-corrected chi connectivity index (χ4v) is 3.66. The monoisotopic (exact) mass is 328 g/mol. The van der Waals surface area contributed by atoms with E-state index in [-0.39, 0.29) is 0 Å². The predicted octanol–water partition coefficient (Wildman–Crippen LogP) is 4.45. The number of nitrogens with zero attached hydrogens (tertiary/aromatic N) is 2. The van der Waals surface area contributed by atoms with Gasteiger partial charge in [0.25, 0.3) is 0 Å². The summed E-state index contributed by atoms with van der Waals surface area (Å²) in [7, 11) is 0. The maximum Gasteiger partial charge on any atom is 0.0459 e. The number of fused-ring (bicyclic) bond motifs is 8. The van der Waals surface area contributed by atoms with Gasteiger partial charge >= 0.3 is 0 Å². The summed E-state index contributed by atoms with van der Waals surface area (Å²) < 4.78 is 0. The average Bonchev–Trinajstić information content (AvgIpc) is 3.33. The summed E-state index contributed by atoms with van der Waals surface area (Å²) in [6.07, 6.45) is 2.96. The summed E-state index contributed by atoms with van der Waals surface area (Å²) in [5, 5.41) is 0. The number of aromatic amines is 2. The van der Waals surface area contributed by atoms with Crippen molar-refractivity contribution in [2.24, 2.45) is 0 Å². The first kappa shape index (κ1) is 14.5. The van der Waals surface area contributed by atoms with Gasteiger partial charge in [0, 0.05) is 50.8 Å². The Kier molecular flexibility index (Phi) is 3.23. The van der Waals surface area contributed by atoms with E-state index in [2.05, 4.69) is 65.4 Å². The zero-order chi connectivity index (χ0) is 16.8. The fraction of sp³-hybridized carbons (Fsp3) is 0.238. The van der Waals surface area contributed by atoms with Gasteiger partial charge in [0.15, 0.2) is 0 Å². The first-order valence-corrected chi connectivity index (χ1v) is 8.86. The molecule has 0 amide bonds. The average molecular weight is 328 g/mol. The second-order valence-electron chi connectivity index (χ2n) is 7.04. The lowest BCUT2D eigenvalue weighted by Crippen LogP contribution is -1.87. The van der Waals surface area contributed by atoms with Crippen LogP contribution >= 0.6 is 0 Å². The summed E-state index contributed by atoms with van der Waals surface area (Å²) in [6, 6.07) is 17.1. The van der Waals surface area contributed by atoms with Crippen molar-refractivity contribution < 1.29 is 0 Å². The van der Waals surface area contributed by atoms with Crippen LogP contribution in [-0.2, 0) is 19.3 Å². The topological polar surface area (TPSA) is 57.4 Å². The van der Waals surface area contributed by atoms with E-state index >= 15 is 0 Å². The lowest BCUT2D eigenvalue weighted by molar-refractivity contribution is 0.797. The van der Waals surface area contributed by atoms with Crippen LogP contribution in [0.5, 0.6) is 0 Å². The van der Waals surface area contributed by atoms with Crippen molar-refractivity contribution in [2.75, 3.05) is 0 Å². The van der Waals surface area contributed by atoms with Crippen molar-refractivity contribution in [3.8, 4) is 0 Å². The normalized spacial score (nSPS) is 16.9. The third kappa shape index (κ3) is 2.84. The number of rotatable bonds is 0. The Morgan fingerprint density at radius 3 is 1.84 bits per heavy atom. The minimum atomic E-state index is 0.439. The standard InChI is InChI=1S/C21H20N4/c1-13-8-20-11-18-5-4-16(23-18)9-14-2-3-15(22-14)10-17-6-7-19(24-17)12-21(13)25-20/h4-7,9-13,23-24H,2-3,8H2,1H3. The quantitative estimate of drug-likeness (QED) is 0.641. The Labute approximate surface area is 146 Å². The Hall–Kier alpha value is -2.88. The summed E-state index contributed by atoms with van der Waals surface area (Å²) >= 11 is 0. The van der Waals surface area contributed by atoms with Crippen LogP contribution in [0.3, 0.4) is 0 Å². The molecular weight excluding hydrogens is 308 g/mol. The summed E-state index contributed by atoms with van der Waals surface area (Å²) in [4.78, 5) is 16.5. The Morgan fingerprint density at radius 2 is 1.24 bits per heavy atom. The van der Waals surface area contributed by atoms with Gasteiger partial charge in [0.05, 0.1) is 0 Å². The molecule has 0 aliphatic carbocycles. The van der Waals surface area contributed by atoms with Crippen LogP contribution in [0.1, 0.15) is 35.6 Å². The Bertz CT molecular complexity index is 1100. The molecule has 0 fully saturated rings. The number of nitrogens with one attached hydrogen (secondary N) is 2. The molecule has 0 saturated heterocycles. The third-order valence-electron chi connectivity index (χ3n) is 4.95. The summed E-state index contributed by atoms with van der Waals surface area (Å²) in [5.74, 6) is 0.439. The second kappa shape index (κ2) is 5.59. The SMILES string of the molecule is CC1Cc2cc3ccc(cc4nc(cc5ccc(cc1n2)[nH]5)CC4)[nH]3. The summed E-state index contributed by atoms with van der Waals surface area (Å²) in [6.45, 7) is 2.23. The second-order valence-corrected chi connectivity index (χ2v) is 7.04. The van der Waals surface area contributed by atoms with Gasteiger partial charge in [0.1, 0.15) is 0 Å². The van der Waals surface area contributed by atoms with Gasteiger partial charge in [0.2, 0.25) is 0 Å². The first-order valence-electron chi connectivity index (χ1n) is 8.86. The Balaban J connectivity index is 1.82. The van der Waals surface area contributed by atoms with E-state index in [1.165, 1.54) is 0 Å². The molecule has 8 bridgehead atoms. The minimum Gasteiger partial charge on any atom is -0.355 e. The van der Waals surface area contributed by atoms with Crippen LogP contribution in [0.4, 0.5) is 0 Å². The Morgan fingerprint density at radius 1 is 0.720 bits per heavy atom. The van der Waals surface area contributed by atoms with Crippen molar-refractivity contribution in [3.63, 3.8) is 0 Å². The molecule has 2 aliphatic heterocycles. The molecule has 124 valence electrons. The van der Waals surface area contributed by atoms with Crippen molar-refractivity contribution in [2.45, 2.75) is 32.1 Å². The van der Waals surface area contributed by atoms with Crippen LogP contribution in [0.25, 0.3) is 22.1 Å². The predicted molar refractivity (Wildman–Crippen MR) is 101 cm³/mol. The molecule has 2 N–H and O–H groups in total. The van der Waals surface area contributed by atoms with Gasteiger partial charge in [-0.05, 0) is 67.8 Å². The third-order valence-corrected chi connectivity index (χ3v) is 4.95. The van der Waals surface area contributed by atoms with E-state index in [9.17, 15) is 0 Å². The molecule has 0 saturated carbocycles. The zero-order valence-electron chi connectivity index (χ0n) is 14.2. The van der Waals surface area contributed by atoms with E-state index in [1.807, 2.05) is 0 Å². The van der Waals surface area contributed by atoms with E-state index in [0.29, 0.717) is 5.92 Å². The maximum atomic E-state index is 4.84. The molecule has 5 heterocycles. The smallest absolute Gasteiger partial charge is 0.0459 e. The van der Waals surface area contributed by atoms with E-state index in [4.69, 9.17) is 9.97 Å². The van der Waals surface area contributed by atoms with Crippen LogP contribution in [0.2, 0.25) is 0 Å². The van der Waals surface area contributed by atoms with Gasteiger partial charge in [-0.25, -0.2) is 0 Å². The number of hydrogen-bond donors (Lipinski definition) is 2. The van der Waals surface area contributed by atoms with Crippen molar-refractivity contribution in [1.29, 1.82) is 0 Å². The molecule has 0 spiro atoms. The van der Waals surface area contributed by atoms with Gasteiger partial charge in [-0.15, -0.1) is 0 Å². The zero-order valence-corrected chi connectivity index (χ0v) is 14.2. The lowest BCUT2D eigenvalue weighted by Gasteiger charge is -1.97. The molecule has 4 heteroatoms. The molecule has 1 unspecified atom stereocenters. The molecule has 0 radical (unpaired) electrons. The number of hydrogen-bond acceptors (Lipinski definition) is 2. The summed E-state index contributed by atoms with van der Waals surface area (Å²) in [5.41, 5.74) is 8.93. The van der Waals surface area contributed by atoms with Gasteiger partial charge in [-0.2, -0.15) is 0 Å². The van der Waals surface area contributed by atoms with Crippen molar-refractivity contribution in [1.82, 2.24) is 19.9 Å². The molecule has 5 rings (SSSR count). The highest BCUT2D eigenvalue weighted by atomic mass is 14.8. The molecule has 25 heavy (non-hydrogen) atoms. The van der Waals surface area contributed by atoms with Gasteiger partial charge in [-0.1, -0.05) is 6.92 Å². The number of aryl methyl sites for hydroxylation is 2. The molecular formula is C21H20N4. The molecule has 2 aliphatic rings. The van der Waals surface area contributed by atoms with Crippen LogP contribution in [-0.4, -0.2) is 19.9 Å². The first-order chi connectivity index (χ1) is 12.2. The molecule has 1 atom stereocenters. The number of H-pyrrole nitrogens is 2. The highest BCUT2D eigenvalue weighted by Gasteiger charge is 2.15. The minimum absolute atomic E-state index is 0.439. The van der Waals surface area contributed by atoms with Gasteiger partial charge < -0.3 is 9.97 Å². The molecule has 0 aromatic carbocycles. The van der Waals surface area contributed by atoms with Gasteiger partial charge in [-0.3, -0.25) is 9.97 Å². The molecule has 4 nitrogen and oxygen atoms in total. The molecule has 3 aromatic rings. The maximum absolute atomic E-state index is 4.84.